The molecular formula is C29H51NO. The summed E-state index contributed by atoms with van der Waals surface area (Å²) < 4.78 is 0. The van der Waals surface area contributed by atoms with Gasteiger partial charge in [-0.25, -0.2) is 0 Å². The van der Waals surface area contributed by atoms with Gasteiger partial charge in [-0.15, -0.1) is 0 Å². The molecular weight excluding hydrogens is 378 g/mol. The van der Waals surface area contributed by atoms with Crippen molar-refractivity contribution >= 4 is 0 Å². The molecule has 178 valence electrons. The van der Waals surface area contributed by atoms with Crippen LogP contribution in [0.3, 0.4) is 0 Å². The first-order valence-electron chi connectivity index (χ1n) is 13.8. The molecule has 3 N–H and O–H groups in total. The van der Waals surface area contributed by atoms with Crippen LogP contribution in [0.15, 0.2) is 11.6 Å². The van der Waals surface area contributed by atoms with E-state index >= 15 is 0 Å². The van der Waals surface area contributed by atoms with Crippen molar-refractivity contribution in [3.63, 3.8) is 0 Å². The monoisotopic (exact) mass is 429 g/mol. The molecule has 0 bridgehead atoms. The fourth-order valence-electron chi connectivity index (χ4n) is 9.30. The first-order chi connectivity index (χ1) is 14.7. The summed E-state index contributed by atoms with van der Waals surface area (Å²) >= 11 is 0. The van der Waals surface area contributed by atoms with Gasteiger partial charge in [-0.1, -0.05) is 65.5 Å². The van der Waals surface area contributed by atoms with Crippen LogP contribution in [0, 0.1) is 52.3 Å². The Morgan fingerprint density at radius 3 is 2.52 bits per heavy atom. The number of aliphatic hydroxyl groups excluding tert-OH is 1. The molecule has 0 aromatic heterocycles. The van der Waals surface area contributed by atoms with Gasteiger partial charge in [-0.3, -0.25) is 0 Å². The maximum atomic E-state index is 10.4. The third-order valence-corrected chi connectivity index (χ3v) is 10.9. The molecule has 31 heavy (non-hydrogen) atoms. The van der Waals surface area contributed by atoms with Crippen LogP contribution in [0.2, 0.25) is 0 Å². The van der Waals surface area contributed by atoms with Gasteiger partial charge >= 0.3 is 0 Å². The smallest absolute Gasteiger partial charge is 0.0577 e. The highest BCUT2D eigenvalue weighted by atomic mass is 16.3. The number of hydrogen-bond donors (Lipinski definition) is 2. The van der Waals surface area contributed by atoms with Crippen LogP contribution in [0.1, 0.15) is 105 Å². The Balaban J connectivity index is 1.58. The van der Waals surface area contributed by atoms with E-state index in [0.717, 1.165) is 61.3 Å². The highest BCUT2D eigenvalue weighted by molar-refractivity contribution is 5.27. The minimum atomic E-state index is -0.120. The van der Waals surface area contributed by atoms with Crippen LogP contribution in [0.4, 0.5) is 0 Å². The van der Waals surface area contributed by atoms with Gasteiger partial charge in [0.05, 0.1) is 6.10 Å². The minimum absolute atomic E-state index is 0.120. The van der Waals surface area contributed by atoms with Crippen molar-refractivity contribution in [1.82, 2.24) is 0 Å². The molecule has 4 unspecified atom stereocenters. The number of aliphatic hydroxyl groups is 1. The topological polar surface area (TPSA) is 46.2 Å². The average molecular weight is 430 g/mol. The molecule has 3 saturated carbocycles. The third kappa shape index (κ3) is 4.18. The summed E-state index contributed by atoms with van der Waals surface area (Å²) in [6, 6.07) is 0. The Morgan fingerprint density at radius 1 is 1.03 bits per heavy atom. The van der Waals surface area contributed by atoms with Crippen LogP contribution in [0.5, 0.6) is 0 Å². The van der Waals surface area contributed by atoms with Crippen molar-refractivity contribution in [2.24, 2.45) is 58.0 Å². The molecule has 2 nitrogen and oxygen atoms in total. The molecule has 4 aliphatic carbocycles. The standard InChI is InChI=1S/C29H51NO/c1-19(2)7-6-8-20(3)24-9-10-25-27-21(13-16-30)17-22-18-23(31)11-14-28(22,4)26(27)12-15-29(24,25)5/h17,19-21,23-27,31H,6-16,18,30H2,1-5H3/t20-,21?,23+,24-,25?,26?,27?,28+,29-/m1/s1. The van der Waals surface area contributed by atoms with Crippen LogP contribution < -0.4 is 5.73 Å². The first-order valence-corrected chi connectivity index (χ1v) is 13.8. The van der Waals surface area contributed by atoms with Gasteiger partial charge in [0, 0.05) is 0 Å². The Labute approximate surface area is 192 Å². The van der Waals surface area contributed by atoms with Gasteiger partial charge in [-0.2, -0.15) is 0 Å². The molecule has 0 spiro atoms. The molecule has 0 amide bonds. The fraction of sp³-hybridized carbons (Fsp3) is 0.931. The lowest BCUT2D eigenvalue weighted by Gasteiger charge is -2.60. The quantitative estimate of drug-likeness (QED) is 0.429. The zero-order valence-electron chi connectivity index (χ0n) is 21.2. The molecule has 3 fully saturated rings. The summed E-state index contributed by atoms with van der Waals surface area (Å²) in [4.78, 5) is 0. The van der Waals surface area contributed by atoms with E-state index in [9.17, 15) is 5.11 Å². The van der Waals surface area contributed by atoms with E-state index < -0.39 is 0 Å². The van der Waals surface area contributed by atoms with Gasteiger partial charge in [0.2, 0.25) is 0 Å². The predicted molar refractivity (Wildman–Crippen MR) is 132 cm³/mol. The van der Waals surface area contributed by atoms with E-state index in [1.807, 2.05) is 0 Å². The van der Waals surface area contributed by atoms with E-state index in [4.69, 9.17) is 5.73 Å². The Bertz CT molecular complexity index is 655. The number of nitrogens with two attached hydrogens (primary N) is 1. The second-order valence-corrected chi connectivity index (χ2v) is 13.1. The van der Waals surface area contributed by atoms with Gasteiger partial charge in [0.15, 0.2) is 0 Å². The third-order valence-electron chi connectivity index (χ3n) is 10.9. The zero-order valence-corrected chi connectivity index (χ0v) is 21.2. The summed E-state index contributed by atoms with van der Waals surface area (Å²) in [5.74, 6) is 5.77. The normalized spacial score (nSPS) is 45.6. The fourth-order valence-corrected chi connectivity index (χ4v) is 9.30. The summed E-state index contributed by atoms with van der Waals surface area (Å²) in [5.41, 5.74) is 8.60. The van der Waals surface area contributed by atoms with Crippen molar-refractivity contribution in [1.29, 1.82) is 0 Å². The van der Waals surface area contributed by atoms with Crippen molar-refractivity contribution in [3.05, 3.63) is 11.6 Å². The second-order valence-electron chi connectivity index (χ2n) is 13.1. The SMILES string of the molecule is CC(C)CCC[C@@H](C)[C@H]1CCC2C3C(CCN)C=C4C[C@@H](O)CC[C@]4(C)C3CC[C@@]21C. The molecule has 4 aliphatic rings. The highest BCUT2D eigenvalue weighted by Gasteiger charge is 2.60. The van der Waals surface area contributed by atoms with Crippen LogP contribution in [0.25, 0.3) is 0 Å². The lowest BCUT2D eigenvalue weighted by Crippen LogP contribution is -2.53. The Hall–Kier alpha value is -0.340. The van der Waals surface area contributed by atoms with Gasteiger partial charge in [-0.05, 0) is 110 Å². The van der Waals surface area contributed by atoms with Crippen LogP contribution in [-0.2, 0) is 0 Å². The van der Waals surface area contributed by atoms with Crippen molar-refractivity contribution in [2.75, 3.05) is 6.54 Å². The summed E-state index contributed by atoms with van der Waals surface area (Å²) in [6.45, 7) is 13.4. The number of fused-ring (bicyclic) bond motifs is 5. The average Bonchev–Trinajstić information content (AvgIpc) is 3.06. The molecule has 2 heteroatoms. The predicted octanol–water partition coefficient (Wildman–Crippen LogP) is 6.96. The second kappa shape index (κ2) is 9.13. The van der Waals surface area contributed by atoms with E-state index in [1.54, 1.807) is 5.57 Å². The maximum Gasteiger partial charge on any atom is 0.0577 e. The molecule has 4 rings (SSSR count). The van der Waals surface area contributed by atoms with E-state index in [0.29, 0.717) is 16.7 Å². The largest absolute Gasteiger partial charge is 0.393 e. The van der Waals surface area contributed by atoms with Gasteiger partial charge in [0.25, 0.3) is 0 Å². The number of hydrogen-bond acceptors (Lipinski definition) is 2. The van der Waals surface area contributed by atoms with Gasteiger partial charge in [0.1, 0.15) is 0 Å². The van der Waals surface area contributed by atoms with Crippen molar-refractivity contribution < 1.29 is 5.11 Å². The summed E-state index contributed by atoms with van der Waals surface area (Å²) in [6.07, 6.45) is 16.7. The van der Waals surface area contributed by atoms with E-state index in [-0.39, 0.29) is 6.10 Å². The molecule has 0 aromatic rings. The first kappa shape index (κ1) is 23.8. The summed E-state index contributed by atoms with van der Waals surface area (Å²) in [5, 5.41) is 10.4. The van der Waals surface area contributed by atoms with Crippen molar-refractivity contribution in [2.45, 2.75) is 111 Å². The van der Waals surface area contributed by atoms with Gasteiger partial charge < -0.3 is 10.8 Å². The lowest BCUT2D eigenvalue weighted by molar-refractivity contribution is -0.0765. The number of rotatable bonds is 7. The minimum Gasteiger partial charge on any atom is -0.393 e. The molecule has 0 heterocycles. The highest BCUT2D eigenvalue weighted by Crippen LogP contribution is 2.68. The van der Waals surface area contributed by atoms with Crippen molar-refractivity contribution in [3.8, 4) is 0 Å². The molecule has 9 atom stereocenters. The zero-order chi connectivity index (χ0) is 22.4. The molecule has 0 aromatic carbocycles. The molecule has 0 radical (unpaired) electrons. The van der Waals surface area contributed by atoms with Crippen LogP contribution in [-0.4, -0.2) is 17.8 Å². The Morgan fingerprint density at radius 2 is 1.81 bits per heavy atom. The van der Waals surface area contributed by atoms with Crippen LogP contribution >= 0.6 is 0 Å². The maximum absolute atomic E-state index is 10.4. The summed E-state index contributed by atoms with van der Waals surface area (Å²) in [7, 11) is 0. The van der Waals surface area contributed by atoms with E-state index in [2.05, 4.69) is 40.7 Å². The Kier molecular flexibility index (Phi) is 7.01. The lowest BCUT2D eigenvalue weighted by atomic mass is 9.44. The molecule has 0 aliphatic heterocycles. The molecule has 0 saturated heterocycles. The van der Waals surface area contributed by atoms with E-state index in [1.165, 1.54) is 51.4 Å². The number of allylic oxidation sites excluding steroid dienone is 1.